The second kappa shape index (κ2) is 7.02. The van der Waals surface area contributed by atoms with Gasteiger partial charge in [-0.05, 0) is 39.8 Å². The van der Waals surface area contributed by atoms with Crippen LogP contribution in [0, 0.1) is 5.92 Å². The van der Waals surface area contributed by atoms with Crippen LogP contribution in [0.2, 0.25) is 0 Å². The highest BCUT2D eigenvalue weighted by molar-refractivity contribution is 5.99. The number of ketones is 1. The van der Waals surface area contributed by atoms with Gasteiger partial charge in [0.15, 0.2) is 0 Å². The van der Waals surface area contributed by atoms with E-state index in [2.05, 4.69) is 5.32 Å². The van der Waals surface area contributed by atoms with E-state index in [-0.39, 0.29) is 18.2 Å². The Morgan fingerprint density at radius 3 is 2.19 bits per heavy atom. The van der Waals surface area contributed by atoms with Gasteiger partial charge in [0.2, 0.25) is 0 Å². The third-order valence-corrected chi connectivity index (χ3v) is 2.68. The molecular formula is C16H21NO4. The molecule has 0 aliphatic rings. The van der Waals surface area contributed by atoms with Crippen LogP contribution in [0.15, 0.2) is 30.3 Å². The van der Waals surface area contributed by atoms with E-state index in [0.29, 0.717) is 5.56 Å². The van der Waals surface area contributed by atoms with Crippen molar-refractivity contribution in [3.8, 4) is 0 Å². The SMILES string of the molecule is CC(=O)C(CNC(=O)c1ccccc1)C(=O)OC(C)(C)C. The first-order chi connectivity index (χ1) is 9.70. The normalized spacial score (nSPS) is 12.4. The number of carbonyl (C=O) groups is 3. The van der Waals surface area contributed by atoms with Gasteiger partial charge in [0.05, 0.1) is 0 Å². The second-order valence-electron chi connectivity index (χ2n) is 5.77. The van der Waals surface area contributed by atoms with E-state index in [0.717, 1.165) is 0 Å². The van der Waals surface area contributed by atoms with Gasteiger partial charge in [0.25, 0.3) is 5.91 Å². The molecule has 1 rings (SSSR count). The van der Waals surface area contributed by atoms with Crippen molar-refractivity contribution < 1.29 is 19.1 Å². The minimum Gasteiger partial charge on any atom is -0.459 e. The molecule has 5 heteroatoms. The van der Waals surface area contributed by atoms with E-state index in [1.54, 1.807) is 51.1 Å². The third-order valence-electron chi connectivity index (χ3n) is 2.68. The average Bonchev–Trinajstić information content (AvgIpc) is 2.37. The predicted molar refractivity (Wildman–Crippen MR) is 78.8 cm³/mol. The largest absolute Gasteiger partial charge is 0.459 e. The van der Waals surface area contributed by atoms with E-state index < -0.39 is 17.5 Å². The number of Topliss-reactive ketones (excluding diaryl/α,β-unsaturated/α-hetero) is 1. The Balaban J connectivity index is 2.66. The van der Waals surface area contributed by atoms with E-state index in [4.69, 9.17) is 4.74 Å². The van der Waals surface area contributed by atoms with Crippen LogP contribution in [-0.4, -0.2) is 29.8 Å². The summed E-state index contributed by atoms with van der Waals surface area (Å²) < 4.78 is 5.19. The van der Waals surface area contributed by atoms with E-state index >= 15 is 0 Å². The van der Waals surface area contributed by atoms with Crippen molar-refractivity contribution in [1.82, 2.24) is 5.32 Å². The molecule has 1 amide bonds. The zero-order valence-electron chi connectivity index (χ0n) is 12.8. The molecule has 1 N–H and O–H groups in total. The van der Waals surface area contributed by atoms with Gasteiger partial charge in [-0.15, -0.1) is 0 Å². The smallest absolute Gasteiger partial charge is 0.318 e. The fourth-order valence-corrected chi connectivity index (χ4v) is 1.65. The molecule has 0 radical (unpaired) electrons. The summed E-state index contributed by atoms with van der Waals surface area (Å²) in [5.41, 5.74) is -0.196. The number of ether oxygens (including phenoxy) is 1. The van der Waals surface area contributed by atoms with Crippen LogP contribution in [0.25, 0.3) is 0 Å². The van der Waals surface area contributed by atoms with E-state index in [9.17, 15) is 14.4 Å². The fraction of sp³-hybridized carbons (Fsp3) is 0.438. The van der Waals surface area contributed by atoms with Crippen molar-refractivity contribution in [2.45, 2.75) is 33.3 Å². The Labute approximate surface area is 124 Å². The molecule has 0 bridgehead atoms. The van der Waals surface area contributed by atoms with Crippen molar-refractivity contribution in [1.29, 1.82) is 0 Å². The minimum atomic E-state index is -0.989. The molecule has 1 atom stereocenters. The standard InChI is InChI=1S/C16H21NO4/c1-11(18)13(15(20)21-16(2,3)4)10-17-14(19)12-8-6-5-7-9-12/h5-9,13H,10H2,1-4H3,(H,17,19). The van der Waals surface area contributed by atoms with Gasteiger partial charge in [-0.1, -0.05) is 18.2 Å². The molecule has 0 saturated heterocycles. The first kappa shape index (κ1) is 16.9. The summed E-state index contributed by atoms with van der Waals surface area (Å²) in [6.07, 6.45) is 0. The number of esters is 1. The van der Waals surface area contributed by atoms with E-state index in [1.807, 2.05) is 0 Å². The van der Waals surface area contributed by atoms with Gasteiger partial charge >= 0.3 is 5.97 Å². The Morgan fingerprint density at radius 2 is 1.71 bits per heavy atom. The average molecular weight is 291 g/mol. The highest BCUT2D eigenvalue weighted by atomic mass is 16.6. The highest BCUT2D eigenvalue weighted by Crippen LogP contribution is 2.12. The van der Waals surface area contributed by atoms with Crippen molar-refractivity contribution in [3.05, 3.63) is 35.9 Å². The maximum atomic E-state index is 12.0. The number of hydrogen-bond donors (Lipinski definition) is 1. The van der Waals surface area contributed by atoms with Crippen molar-refractivity contribution >= 4 is 17.7 Å². The predicted octanol–water partition coefficient (Wildman–Crippen LogP) is 1.96. The summed E-state index contributed by atoms with van der Waals surface area (Å²) in [5.74, 6) is -2.27. The second-order valence-corrected chi connectivity index (χ2v) is 5.77. The van der Waals surface area contributed by atoms with Crippen molar-refractivity contribution in [2.75, 3.05) is 6.54 Å². The minimum absolute atomic E-state index is 0.0715. The molecule has 5 nitrogen and oxygen atoms in total. The lowest BCUT2D eigenvalue weighted by Crippen LogP contribution is -2.39. The molecule has 1 unspecified atom stereocenters. The number of nitrogens with one attached hydrogen (secondary N) is 1. The molecule has 0 heterocycles. The summed E-state index contributed by atoms with van der Waals surface area (Å²) >= 11 is 0. The van der Waals surface area contributed by atoms with E-state index in [1.165, 1.54) is 6.92 Å². The third kappa shape index (κ3) is 5.77. The summed E-state index contributed by atoms with van der Waals surface area (Å²) in [6.45, 7) is 6.42. The summed E-state index contributed by atoms with van der Waals surface area (Å²) in [4.78, 5) is 35.4. The Morgan fingerprint density at radius 1 is 1.14 bits per heavy atom. The molecule has 0 fully saturated rings. The first-order valence-electron chi connectivity index (χ1n) is 6.77. The summed E-state index contributed by atoms with van der Waals surface area (Å²) in [7, 11) is 0. The van der Waals surface area contributed by atoms with Gasteiger partial charge in [0.1, 0.15) is 17.3 Å². The molecule has 0 aliphatic heterocycles. The molecule has 0 aliphatic carbocycles. The summed E-state index contributed by atoms with van der Waals surface area (Å²) in [5, 5.41) is 2.59. The lowest BCUT2D eigenvalue weighted by atomic mass is 10.0. The monoisotopic (exact) mass is 291 g/mol. The molecule has 1 aromatic rings. The van der Waals surface area contributed by atoms with Crippen LogP contribution in [0.3, 0.4) is 0 Å². The molecule has 0 saturated carbocycles. The fourth-order valence-electron chi connectivity index (χ4n) is 1.65. The summed E-state index contributed by atoms with van der Waals surface area (Å²) in [6, 6.07) is 8.60. The van der Waals surface area contributed by atoms with Crippen LogP contribution in [0.5, 0.6) is 0 Å². The van der Waals surface area contributed by atoms with Crippen LogP contribution in [0.1, 0.15) is 38.1 Å². The number of hydrogen-bond acceptors (Lipinski definition) is 4. The van der Waals surface area contributed by atoms with Gasteiger partial charge in [-0.25, -0.2) is 0 Å². The maximum absolute atomic E-state index is 12.0. The molecule has 0 aromatic heterocycles. The van der Waals surface area contributed by atoms with Crippen LogP contribution in [-0.2, 0) is 14.3 Å². The highest BCUT2D eigenvalue weighted by Gasteiger charge is 2.29. The Hall–Kier alpha value is -2.17. The number of amides is 1. The molecular weight excluding hydrogens is 270 g/mol. The van der Waals surface area contributed by atoms with Crippen LogP contribution in [0.4, 0.5) is 0 Å². The van der Waals surface area contributed by atoms with Gasteiger partial charge in [0, 0.05) is 12.1 Å². The zero-order valence-corrected chi connectivity index (χ0v) is 12.8. The van der Waals surface area contributed by atoms with Gasteiger partial charge < -0.3 is 10.1 Å². The number of carbonyl (C=O) groups excluding carboxylic acids is 3. The number of benzene rings is 1. The Bertz CT molecular complexity index is 517. The van der Waals surface area contributed by atoms with Gasteiger partial charge in [-0.2, -0.15) is 0 Å². The lowest BCUT2D eigenvalue weighted by Gasteiger charge is -2.23. The molecule has 0 spiro atoms. The van der Waals surface area contributed by atoms with Crippen molar-refractivity contribution in [2.24, 2.45) is 5.92 Å². The maximum Gasteiger partial charge on any atom is 0.318 e. The van der Waals surface area contributed by atoms with Crippen molar-refractivity contribution in [3.63, 3.8) is 0 Å². The molecule has 21 heavy (non-hydrogen) atoms. The number of rotatable bonds is 5. The topological polar surface area (TPSA) is 72.5 Å². The zero-order chi connectivity index (χ0) is 16.0. The van der Waals surface area contributed by atoms with Crippen LogP contribution < -0.4 is 5.32 Å². The first-order valence-corrected chi connectivity index (χ1v) is 6.77. The molecule has 1 aromatic carbocycles. The van der Waals surface area contributed by atoms with Crippen LogP contribution >= 0.6 is 0 Å². The Kier molecular flexibility index (Phi) is 5.64. The molecule has 114 valence electrons. The lowest BCUT2D eigenvalue weighted by molar-refractivity contribution is -0.161. The van der Waals surface area contributed by atoms with Gasteiger partial charge in [-0.3, -0.25) is 14.4 Å². The quantitative estimate of drug-likeness (QED) is 0.665.